The largest absolute Gasteiger partial charge is 0.357 e. The Bertz CT molecular complexity index is 461. The van der Waals surface area contributed by atoms with E-state index in [2.05, 4.69) is 60.6 Å². The van der Waals surface area contributed by atoms with Crippen LogP contribution in [0.5, 0.6) is 0 Å². The molecule has 2 rings (SSSR count). The minimum Gasteiger partial charge on any atom is -0.357 e. The number of rotatable bonds is 3. The van der Waals surface area contributed by atoms with Gasteiger partial charge in [-0.2, -0.15) is 0 Å². The van der Waals surface area contributed by atoms with Gasteiger partial charge in [0.1, 0.15) is 16.2 Å². The zero-order valence-corrected chi connectivity index (χ0v) is 14.9. The van der Waals surface area contributed by atoms with E-state index < -0.39 is 0 Å². The van der Waals surface area contributed by atoms with Crippen molar-refractivity contribution in [3.8, 4) is 0 Å². The van der Waals surface area contributed by atoms with Gasteiger partial charge in [0.25, 0.3) is 0 Å². The monoisotopic (exact) mass is 339 g/mol. The first-order chi connectivity index (χ1) is 9.28. The third-order valence-electron chi connectivity index (χ3n) is 4.43. The van der Waals surface area contributed by atoms with E-state index in [1.165, 1.54) is 25.7 Å². The molecule has 0 aromatic carbocycles. The molecular weight excluding hydrogens is 314 g/mol. The van der Waals surface area contributed by atoms with Gasteiger partial charge in [-0.05, 0) is 47.0 Å². The van der Waals surface area contributed by atoms with Gasteiger partial charge in [-0.25, -0.2) is 9.97 Å². The van der Waals surface area contributed by atoms with Crippen molar-refractivity contribution < 1.29 is 0 Å². The summed E-state index contributed by atoms with van der Waals surface area (Å²) in [5.74, 6) is 2.31. The molecule has 1 aliphatic rings. The third-order valence-corrected chi connectivity index (χ3v) is 4.84. The number of hydrogen-bond acceptors (Lipinski definition) is 3. The number of aromatic nitrogens is 2. The molecule has 1 aliphatic carbocycles. The summed E-state index contributed by atoms with van der Waals surface area (Å²) in [6.07, 6.45) is 5.10. The van der Waals surface area contributed by atoms with E-state index in [9.17, 15) is 0 Å². The second kappa shape index (κ2) is 6.00. The van der Waals surface area contributed by atoms with E-state index in [4.69, 9.17) is 4.98 Å². The fourth-order valence-electron chi connectivity index (χ4n) is 2.82. The summed E-state index contributed by atoms with van der Waals surface area (Å²) in [6, 6.07) is 2.64. The third kappa shape index (κ3) is 3.72. The highest BCUT2D eigenvalue weighted by Crippen LogP contribution is 2.37. The molecule has 0 atom stereocenters. The molecule has 0 spiro atoms. The maximum absolute atomic E-state index is 4.73. The predicted molar refractivity (Wildman–Crippen MR) is 88.3 cm³/mol. The van der Waals surface area contributed by atoms with E-state index in [-0.39, 0.29) is 0 Å². The Labute approximate surface area is 131 Å². The molecule has 0 N–H and O–H groups in total. The van der Waals surface area contributed by atoms with Crippen molar-refractivity contribution in [1.82, 2.24) is 9.97 Å². The molecule has 112 valence electrons. The van der Waals surface area contributed by atoms with E-state index in [0.29, 0.717) is 17.4 Å². The van der Waals surface area contributed by atoms with Crippen molar-refractivity contribution in [1.29, 1.82) is 0 Å². The van der Waals surface area contributed by atoms with Gasteiger partial charge < -0.3 is 4.90 Å². The van der Waals surface area contributed by atoms with Crippen molar-refractivity contribution in [3.05, 3.63) is 16.5 Å². The zero-order chi connectivity index (χ0) is 14.9. The first-order valence-corrected chi connectivity index (χ1v) is 8.35. The lowest BCUT2D eigenvalue weighted by Gasteiger charge is -2.39. The van der Waals surface area contributed by atoms with Crippen LogP contribution in [0.4, 0.5) is 5.82 Å². The van der Waals surface area contributed by atoms with Gasteiger partial charge in [0.15, 0.2) is 0 Å². The molecule has 0 unspecified atom stereocenters. The Morgan fingerprint density at radius 1 is 1.25 bits per heavy atom. The number of hydrogen-bond donors (Lipinski definition) is 0. The van der Waals surface area contributed by atoms with Crippen LogP contribution in [0, 0.1) is 5.41 Å². The van der Waals surface area contributed by atoms with Crippen LogP contribution in [0.25, 0.3) is 0 Å². The molecule has 0 amide bonds. The van der Waals surface area contributed by atoms with Crippen molar-refractivity contribution >= 4 is 21.7 Å². The van der Waals surface area contributed by atoms with Crippen LogP contribution in [0.3, 0.4) is 0 Å². The summed E-state index contributed by atoms with van der Waals surface area (Å²) >= 11 is 3.51. The Morgan fingerprint density at radius 2 is 1.85 bits per heavy atom. The second-order valence-electron chi connectivity index (χ2n) is 7.07. The standard InChI is InChI=1S/C16H26BrN3/c1-11(2)15-18-13(17)10-14(19-15)20(5)12-6-8-16(3,4)9-7-12/h10-12H,6-9H2,1-5H3. The second-order valence-corrected chi connectivity index (χ2v) is 7.88. The zero-order valence-electron chi connectivity index (χ0n) is 13.3. The lowest BCUT2D eigenvalue weighted by Crippen LogP contribution is -2.37. The number of anilines is 1. The lowest BCUT2D eigenvalue weighted by molar-refractivity contribution is 0.222. The van der Waals surface area contributed by atoms with Crippen molar-refractivity contribution in [3.63, 3.8) is 0 Å². The summed E-state index contributed by atoms with van der Waals surface area (Å²) in [7, 11) is 2.17. The van der Waals surface area contributed by atoms with Crippen LogP contribution in [-0.4, -0.2) is 23.1 Å². The number of halogens is 1. The average Bonchev–Trinajstić information content (AvgIpc) is 2.37. The normalized spacial score (nSPS) is 19.4. The first kappa shape index (κ1) is 15.7. The van der Waals surface area contributed by atoms with Gasteiger partial charge in [-0.1, -0.05) is 27.7 Å². The highest BCUT2D eigenvalue weighted by Gasteiger charge is 2.29. The Balaban J connectivity index is 2.15. The molecule has 1 saturated carbocycles. The van der Waals surface area contributed by atoms with Crippen LogP contribution in [-0.2, 0) is 0 Å². The lowest BCUT2D eigenvalue weighted by atomic mass is 9.75. The van der Waals surface area contributed by atoms with E-state index >= 15 is 0 Å². The molecule has 1 aromatic heterocycles. The minimum atomic E-state index is 0.352. The van der Waals surface area contributed by atoms with Gasteiger partial charge >= 0.3 is 0 Å². The van der Waals surface area contributed by atoms with Gasteiger partial charge in [0.2, 0.25) is 0 Å². The topological polar surface area (TPSA) is 29.0 Å². The van der Waals surface area contributed by atoms with Crippen molar-refractivity contribution in [2.45, 2.75) is 65.3 Å². The molecule has 0 bridgehead atoms. The Kier molecular flexibility index (Phi) is 4.73. The smallest absolute Gasteiger partial charge is 0.134 e. The van der Waals surface area contributed by atoms with E-state index in [0.717, 1.165) is 16.2 Å². The highest BCUT2D eigenvalue weighted by molar-refractivity contribution is 9.10. The van der Waals surface area contributed by atoms with Gasteiger partial charge in [-0.3, -0.25) is 0 Å². The first-order valence-electron chi connectivity index (χ1n) is 7.56. The molecule has 20 heavy (non-hydrogen) atoms. The van der Waals surface area contributed by atoms with Crippen LogP contribution in [0.15, 0.2) is 10.7 Å². The maximum atomic E-state index is 4.73. The molecule has 0 radical (unpaired) electrons. The summed E-state index contributed by atoms with van der Waals surface area (Å²) in [6.45, 7) is 9.02. The van der Waals surface area contributed by atoms with Gasteiger partial charge in [-0.15, -0.1) is 0 Å². The van der Waals surface area contributed by atoms with Crippen LogP contribution < -0.4 is 4.90 Å². The summed E-state index contributed by atoms with van der Waals surface area (Å²) < 4.78 is 0.884. The quantitative estimate of drug-likeness (QED) is 0.743. The predicted octanol–water partition coefficient (Wildman–Crippen LogP) is 4.77. The Morgan fingerprint density at radius 3 is 2.40 bits per heavy atom. The van der Waals surface area contributed by atoms with Crippen LogP contribution in [0.2, 0.25) is 0 Å². The van der Waals surface area contributed by atoms with E-state index in [1.54, 1.807) is 0 Å². The molecule has 0 aliphatic heterocycles. The van der Waals surface area contributed by atoms with Gasteiger partial charge in [0.05, 0.1) is 0 Å². The molecular formula is C16H26BrN3. The van der Waals surface area contributed by atoms with Crippen LogP contribution in [0.1, 0.15) is 65.1 Å². The fourth-order valence-corrected chi connectivity index (χ4v) is 3.21. The molecule has 1 fully saturated rings. The molecule has 4 heteroatoms. The maximum Gasteiger partial charge on any atom is 0.134 e. The van der Waals surface area contributed by atoms with Crippen molar-refractivity contribution in [2.24, 2.45) is 5.41 Å². The molecule has 0 saturated heterocycles. The summed E-state index contributed by atoms with van der Waals surface area (Å²) in [5.41, 5.74) is 0.507. The van der Waals surface area contributed by atoms with Gasteiger partial charge in [0, 0.05) is 25.1 Å². The van der Waals surface area contributed by atoms with Crippen LogP contribution >= 0.6 is 15.9 Å². The average molecular weight is 340 g/mol. The summed E-state index contributed by atoms with van der Waals surface area (Å²) in [4.78, 5) is 11.5. The fraction of sp³-hybridized carbons (Fsp3) is 0.750. The molecule has 1 aromatic rings. The molecule has 3 nitrogen and oxygen atoms in total. The van der Waals surface area contributed by atoms with E-state index in [1.807, 2.05) is 6.07 Å². The summed E-state index contributed by atoms with van der Waals surface area (Å²) in [5, 5.41) is 0. The van der Waals surface area contributed by atoms with Crippen molar-refractivity contribution in [2.75, 3.05) is 11.9 Å². The SMILES string of the molecule is CC(C)c1nc(Br)cc(N(C)C2CCC(C)(C)CC2)n1. The Hall–Kier alpha value is -0.640. The molecule has 1 heterocycles. The highest BCUT2D eigenvalue weighted by atomic mass is 79.9. The minimum absolute atomic E-state index is 0.352. The number of nitrogens with zero attached hydrogens (tertiary/aromatic N) is 3.